The Morgan fingerprint density at radius 2 is 2.00 bits per heavy atom. The minimum atomic E-state index is -0.611. The maximum atomic E-state index is 13.6. The standard InChI is InChI=1S/C15H13BrF2N2O/c1-9(5-12-13(17)3-2-4-14(12)18)20-15(21)10-6-11(16)8-19-7-10/h2-4,6-9H,5H2,1H3,(H,20,21). The largest absolute Gasteiger partial charge is 0.349 e. The number of pyridine rings is 1. The van der Waals surface area contributed by atoms with Gasteiger partial charge in [0, 0.05) is 28.5 Å². The number of halogens is 3. The SMILES string of the molecule is CC(Cc1c(F)cccc1F)NC(=O)c1cncc(Br)c1. The second-order valence-corrected chi connectivity index (χ2v) is 5.59. The number of nitrogens with one attached hydrogen (secondary N) is 1. The van der Waals surface area contributed by atoms with Crippen molar-refractivity contribution in [3.8, 4) is 0 Å². The Morgan fingerprint density at radius 3 is 2.62 bits per heavy atom. The summed E-state index contributed by atoms with van der Waals surface area (Å²) < 4.78 is 27.8. The van der Waals surface area contributed by atoms with E-state index in [4.69, 9.17) is 0 Å². The molecule has 1 atom stereocenters. The molecule has 0 spiro atoms. The van der Waals surface area contributed by atoms with E-state index < -0.39 is 17.7 Å². The van der Waals surface area contributed by atoms with Crippen LogP contribution in [-0.2, 0) is 6.42 Å². The Balaban J connectivity index is 2.05. The highest BCUT2D eigenvalue weighted by molar-refractivity contribution is 9.10. The Hall–Kier alpha value is -1.82. The summed E-state index contributed by atoms with van der Waals surface area (Å²) in [6.45, 7) is 1.69. The van der Waals surface area contributed by atoms with Crippen LogP contribution in [0.1, 0.15) is 22.8 Å². The van der Waals surface area contributed by atoms with Gasteiger partial charge in [0.15, 0.2) is 0 Å². The number of carbonyl (C=O) groups excluding carboxylic acids is 1. The third kappa shape index (κ3) is 4.07. The van der Waals surface area contributed by atoms with Crippen molar-refractivity contribution in [2.75, 3.05) is 0 Å². The minimum absolute atomic E-state index is 0.0299. The molecule has 6 heteroatoms. The average Bonchev–Trinajstić information content (AvgIpc) is 2.43. The van der Waals surface area contributed by atoms with E-state index >= 15 is 0 Å². The molecule has 0 fully saturated rings. The molecule has 3 nitrogen and oxygen atoms in total. The summed E-state index contributed by atoms with van der Waals surface area (Å²) in [5.74, 6) is -1.56. The van der Waals surface area contributed by atoms with Gasteiger partial charge in [-0.05, 0) is 47.5 Å². The van der Waals surface area contributed by atoms with Gasteiger partial charge >= 0.3 is 0 Å². The lowest BCUT2D eigenvalue weighted by molar-refractivity contribution is 0.0939. The monoisotopic (exact) mass is 354 g/mol. The van der Waals surface area contributed by atoms with E-state index in [1.54, 1.807) is 19.2 Å². The van der Waals surface area contributed by atoms with Gasteiger partial charge < -0.3 is 5.32 Å². The second kappa shape index (κ2) is 6.76. The molecule has 0 saturated heterocycles. The summed E-state index contributed by atoms with van der Waals surface area (Å²) in [5.41, 5.74) is 0.350. The van der Waals surface area contributed by atoms with Crippen molar-refractivity contribution < 1.29 is 13.6 Å². The van der Waals surface area contributed by atoms with Gasteiger partial charge in [-0.25, -0.2) is 8.78 Å². The first kappa shape index (κ1) is 15.6. The molecule has 1 N–H and O–H groups in total. The van der Waals surface area contributed by atoms with Crippen molar-refractivity contribution in [3.05, 3.63) is 63.9 Å². The quantitative estimate of drug-likeness (QED) is 0.913. The van der Waals surface area contributed by atoms with Crippen molar-refractivity contribution in [2.24, 2.45) is 0 Å². The predicted molar refractivity (Wildman–Crippen MR) is 78.9 cm³/mol. The molecule has 1 aromatic carbocycles. The van der Waals surface area contributed by atoms with Crippen molar-refractivity contribution in [1.82, 2.24) is 10.3 Å². The molecule has 2 aromatic rings. The average molecular weight is 355 g/mol. The van der Waals surface area contributed by atoms with Crippen LogP contribution in [0.4, 0.5) is 8.78 Å². The molecular weight excluding hydrogens is 342 g/mol. The Kier molecular flexibility index (Phi) is 5.01. The van der Waals surface area contributed by atoms with E-state index in [-0.39, 0.29) is 17.9 Å². The van der Waals surface area contributed by atoms with Gasteiger partial charge in [-0.2, -0.15) is 0 Å². The van der Waals surface area contributed by atoms with Crippen molar-refractivity contribution in [1.29, 1.82) is 0 Å². The highest BCUT2D eigenvalue weighted by atomic mass is 79.9. The summed E-state index contributed by atoms with van der Waals surface area (Å²) in [6.07, 6.45) is 3.07. The summed E-state index contributed by atoms with van der Waals surface area (Å²) in [6, 6.07) is 4.92. The molecule has 1 aromatic heterocycles. The van der Waals surface area contributed by atoms with Crippen LogP contribution in [-0.4, -0.2) is 16.9 Å². The van der Waals surface area contributed by atoms with Crippen LogP contribution in [0.2, 0.25) is 0 Å². The van der Waals surface area contributed by atoms with Gasteiger partial charge in [0.05, 0.1) is 5.56 Å². The van der Waals surface area contributed by atoms with E-state index in [0.29, 0.717) is 10.0 Å². The lowest BCUT2D eigenvalue weighted by atomic mass is 10.1. The molecule has 21 heavy (non-hydrogen) atoms. The molecule has 1 heterocycles. The minimum Gasteiger partial charge on any atom is -0.349 e. The first-order chi connectivity index (χ1) is 9.97. The van der Waals surface area contributed by atoms with Gasteiger partial charge in [0.25, 0.3) is 5.91 Å². The van der Waals surface area contributed by atoms with Gasteiger partial charge in [-0.1, -0.05) is 6.07 Å². The van der Waals surface area contributed by atoms with Gasteiger partial charge in [0.1, 0.15) is 11.6 Å². The highest BCUT2D eigenvalue weighted by Gasteiger charge is 2.15. The number of hydrogen-bond donors (Lipinski definition) is 1. The van der Waals surface area contributed by atoms with Crippen LogP contribution < -0.4 is 5.32 Å². The summed E-state index contributed by atoms with van der Waals surface area (Å²) in [5, 5.41) is 2.69. The Morgan fingerprint density at radius 1 is 1.33 bits per heavy atom. The van der Waals surface area contributed by atoms with E-state index in [2.05, 4.69) is 26.2 Å². The van der Waals surface area contributed by atoms with Crippen LogP contribution >= 0.6 is 15.9 Å². The fraction of sp³-hybridized carbons (Fsp3) is 0.200. The van der Waals surface area contributed by atoms with Gasteiger partial charge in [-0.15, -0.1) is 0 Å². The zero-order valence-electron chi connectivity index (χ0n) is 11.2. The maximum absolute atomic E-state index is 13.6. The van der Waals surface area contributed by atoms with E-state index in [9.17, 15) is 13.6 Å². The zero-order chi connectivity index (χ0) is 15.4. The van der Waals surface area contributed by atoms with Crippen LogP contribution in [0, 0.1) is 11.6 Å². The fourth-order valence-corrected chi connectivity index (χ4v) is 2.29. The third-order valence-electron chi connectivity index (χ3n) is 2.92. The molecular formula is C15H13BrF2N2O. The van der Waals surface area contributed by atoms with Crippen molar-refractivity contribution in [3.63, 3.8) is 0 Å². The number of rotatable bonds is 4. The van der Waals surface area contributed by atoms with E-state index in [0.717, 1.165) is 0 Å². The molecule has 1 unspecified atom stereocenters. The smallest absolute Gasteiger partial charge is 0.253 e. The summed E-state index contributed by atoms with van der Waals surface area (Å²) in [7, 11) is 0. The zero-order valence-corrected chi connectivity index (χ0v) is 12.8. The predicted octanol–water partition coefficient (Wildman–Crippen LogP) is 3.48. The van der Waals surface area contributed by atoms with Crippen molar-refractivity contribution >= 4 is 21.8 Å². The molecule has 2 rings (SSSR count). The molecule has 0 radical (unpaired) electrons. The van der Waals surface area contributed by atoms with E-state index in [1.807, 2.05) is 0 Å². The summed E-state index contributed by atoms with van der Waals surface area (Å²) in [4.78, 5) is 15.9. The second-order valence-electron chi connectivity index (χ2n) is 4.67. The van der Waals surface area contributed by atoms with Crippen LogP contribution in [0.25, 0.3) is 0 Å². The fourth-order valence-electron chi connectivity index (χ4n) is 1.93. The number of aromatic nitrogens is 1. The normalized spacial score (nSPS) is 12.0. The molecule has 0 aliphatic carbocycles. The number of benzene rings is 1. The van der Waals surface area contributed by atoms with Crippen LogP contribution in [0.5, 0.6) is 0 Å². The first-order valence-electron chi connectivity index (χ1n) is 6.31. The van der Waals surface area contributed by atoms with Crippen molar-refractivity contribution in [2.45, 2.75) is 19.4 Å². The number of carbonyl (C=O) groups is 1. The highest BCUT2D eigenvalue weighted by Crippen LogP contribution is 2.15. The lowest BCUT2D eigenvalue weighted by Crippen LogP contribution is -2.34. The number of nitrogens with zero attached hydrogens (tertiary/aromatic N) is 1. The molecule has 1 amide bonds. The van der Waals surface area contributed by atoms with Crippen LogP contribution in [0.15, 0.2) is 41.1 Å². The van der Waals surface area contributed by atoms with Gasteiger partial charge in [0.2, 0.25) is 0 Å². The molecule has 0 aliphatic rings. The number of hydrogen-bond acceptors (Lipinski definition) is 2. The maximum Gasteiger partial charge on any atom is 0.253 e. The Labute approximate surface area is 129 Å². The molecule has 0 bridgehead atoms. The molecule has 110 valence electrons. The Bertz CT molecular complexity index is 644. The third-order valence-corrected chi connectivity index (χ3v) is 3.35. The molecule has 0 saturated carbocycles. The summed E-state index contributed by atoms with van der Waals surface area (Å²) >= 11 is 3.23. The van der Waals surface area contributed by atoms with E-state index in [1.165, 1.54) is 24.4 Å². The first-order valence-corrected chi connectivity index (χ1v) is 7.11. The van der Waals surface area contributed by atoms with Gasteiger partial charge in [-0.3, -0.25) is 9.78 Å². The lowest BCUT2D eigenvalue weighted by Gasteiger charge is -2.15. The number of amides is 1. The molecule has 0 aliphatic heterocycles. The van der Waals surface area contributed by atoms with Crippen LogP contribution in [0.3, 0.4) is 0 Å². The topological polar surface area (TPSA) is 42.0 Å².